The van der Waals surface area contributed by atoms with Crippen molar-refractivity contribution in [2.24, 2.45) is 0 Å². The zero-order chi connectivity index (χ0) is 16.8. The third kappa shape index (κ3) is 3.74. The molecule has 3 rings (SSSR count). The maximum Gasteiger partial charge on any atom is 0.163 e. The number of hydrogen-bond donors (Lipinski definition) is 1. The van der Waals surface area contributed by atoms with E-state index < -0.39 is 0 Å². The van der Waals surface area contributed by atoms with Gasteiger partial charge in [0.2, 0.25) is 0 Å². The summed E-state index contributed by atoms with van der Waals surface area (Å²) in [6.45, 7) is 6.65. The molecule has 0 amide bonds. The zero-order valence-corrected chi connectivity index (χ0v) is 14.1. The van der Waals surface area contributed by atoms with Crippen molar-refractivity contribution >= 4 is 11.6 Å². The Morgan fingerprint density at radius 1 is 1.00 bits per heavy atom. The lowest BCUT2D eigenvalue weighted by Gasteiger charge is -2.21. The molecule has 2 heterocycles. The lowest BCUT2D eigenvalue weighted by atomic mass is 10.2. The van der Waals surface area contributed by atoms with E-state index in [0.717, 1.165) is 41.9 Å². The Morgan fingerprint density at radius 3 is 2.46 bits per heavy atom. The van der Waals surface area contributed by atoms with Crippen LogP contribution in [0.2, 0.25) is 0 Å². The minimum atomic E-state index is 0.593. The maximum atomic E-state index is 5.37. The van der Waals surface area contributed by atoms with E-state index in [2.05, 4.69) is 29.0 Å². The molecule has 24 heavy (non-hydrogen) atoms. The van der Waals surface area contributed by atoms with E-state index in [9.17, 15) is 0 Å². The van der Waals surface area contributed by atoms with Crippen molar-refractivity contribution in [3.63, 3.8) is 0 Å². The second kappa shape index (κ2) is 7.64. The Kier molecular flexibility index (Phi) is 5.11. The van der Waals surface area contributed by atoms with Gasteiger partial charge < -0.3 is 14.6 Å². The Bertz CT molecular complexity index is 752. The minimum Gasteiger partial charge on any atom is -0.467 e. The van der Waals surface area contributed by atoms with E-state index >= 15 is 0 Å². The standard InChI is InChI=1S/C19H22N4O/c1-3-23(4-2)18-13-17(20-14-16-11-8-12-24-16)21-19(22-18)15-9-6-5-7-10-15/h5-13H,3-4,14H2,1-2H3,(H,20,21,22). The number of benzene rings is 1. The molecule has 124 valence electrons. The van der Waals surface area contributed by atoms with Crippen LogP contribution in [0.25, 0.3) is 11.4 Å². The molecule has 0 atom stereocenters. The van der Waals surface area contributed by atoms with Crippen LogP contribution >= 0.6 is 0 Å². The fourth-order valence-electron chi connectivity index (χ4n) is 2.54. The van der Waals surface area contributed by atoms with Crippen LogP contribution in [-0.4, -0.2) is 23.1 Å². The molecule has 1 aromatic carbocycles. The van der Waals surface area contributed by atoms with Crippen molar-refractivity contribution in [2.45, 2.75) is 20.4 Å². The van der Waals surface area contributed by atoms with Crippen LogP contribution in [0.4, 0.5) is 11.6 Å². The van der Waals surface area contributed by atoms with Crippen molar-refractivity contribution in [3.05, 3.63) is 60.6 Å². The van der Waals surface area contributed by atoms with Crippen LogP contribution in [0, 0.1) is 0 Å². The van der Waals surface area contributed by atoms with Gasteiger partial charge in [-0.05, 0) is 26.0 Å². The second-order valence-corrected chi connectivity index (χ2v) is 5.41. The topological polar surface area (TPSA) is 54.2 Å². The van der Waals surface area contributed by atoms with Gasteiger partial charge in [0.1, 0.15) is 17.4 Å². The largest absolute Gasteiger partial charge is 0.467 e. The van der Waals surface area contributed by atoms with Gasteiger partial charge in [0.15, 0.2) is 5.82 Å². The van der Waals surface area contributed by atoms with Gasteiger partial charge >= 0.3 is 0 Å². The van der Waals surface area contributed by atoms with Gasteiger partial charge in [0.25, 0.3) is 0 Å². The summed E-state index contributed by atoms with van der Waals surface area (Å²) < 4.78 is 5.37. The van der Waals surface area contributed by atoms with E-state index in [0.29, 0.717) is 6.54 Å². The highest BCUT2D eigenvalue weighted by atomic mass is 16.3. The normalized spacial score (nSPS) is 10.6. The average molecular weight is 322 g/mol. The first-order valence-electron chi connectivity index (χ1n) is 8.26. The van der Waals surface area contributed by atoms with Gasteiger partial charge in [-0.25, -0.2) is 9.97 Å². The minimum absolute atomic E-state index is 0.593. The van der Waals surface area contributed by atoms with E-state index in [-0.39, 0.29) is 0 Å². The van der Waals surface area contributed by atoms with Crippen LogP contribution in [0.3, 0.4) is 0 Å². The van der Waals surface area contributed by atoms with Gasteiger partial charge in [-0.2, -0.15) is 0 Å². The molecule has 2 aromatic heterocycles. The number of rotatable bonds is 7. The second-order valence-electron chi connectivity index (χ2n) is 5.41. The molecule has 5 nitrogen and oxygen atoms in total. The van der Waals surface area contributed by atoms with E-state index in [4.69, 9.17) is 9.40 Å². The highest BCUT2D eigenvalue weighted by Crippen LogP contribution is 2.22. The monoisotopic (exact) mass is 322 g/mol. The summed E-state index contributed by atoms with van der Waals surface area (Å²) in [5.74, 6) is 3.32. The number of hydrogen-bond acceptors (Lipinski definition) is 5. The number of aromatic nitrogens is 2. The van der Waals surface area contributed by atoms with Crippen molar-refractivity contribution < 1.29 is 4.42 Å². The van der Waals surface area contributed by atoms with E-state index in [1.165, 1.54) is 0 Å². The molecule has 0 aliphatic rings. The van der Waals surface area contributed by atoms with Crippen LogP contribution in [-0.2, 0) is 6.54 Å². The van der Waals surface area contributed by atoms with Crippen molar-refractivity contribution in [2.75, 3.05) is 23.3 Å². The van der Waals surface area contributed by atoms with E-state index in [1.54, 1.807) is 6.26 Å². The summed E-state index contributed by atoms with van der Waals surface area (Å²) in [7, 11) is 0. The number of nitrogens with zero attached hydrogens (tertiary/aromatic N) is 3. The van der Waals surface area contributed by atoms with Crippen LogP contribution in [0.1, 0.15) is 19.6 Å². The average Bonchev–Trinajstić information content (AvgIpc) is 3.15. The quantitative estimate of drug-likeness (QED) is 0.706. The molecule has 0 radical (unpaired) electrons. The highest BCUT2D eigenvalue weighted by Gasteiger charge is 2.11. The number of nitrogens with one attached hydrogen (secondary N) is 1. The first-order valence-corrected chi connectivity index (χ1v) is 8.26. The molecule has 1 N–H and O–H groups in total. The summed E-state index contributed by atoms with van der Waals surface area (Å²) in [4.78, 5) is 11.6. The fourth-order valence-corrected chi connectivity index (χ4v) is 2.54. The van der Waals surface area contributed by atoms with Gasteiger partial charge in [-0.1, -0.05) is 30.3 Å². The predicted molar refractivity (Wildman–Crippen MR) is 97.1 cm³/mol. The summed E-state index contributed by atoms with van der Waals surface area (Å²) in [5, 5.41) is 3.33. The van der Waals surface area contributed by atoms with Gasteiger partial charge in [0, 0.05) is 24.7 Å². The van der Waals surface area contributed by atoms with Crippen molar-refractivity contribution in [1.29, 1.82) is 0 Å². The Balaban J connectivity index is 1.93. The van der Waals surface area contributed by atoms with Crippen molar-refractivity contribution in [1.82, 2.24) is 9.97 Å². The van der Waals surface area contributed by atoms with Crippen LogP contribution in [0.5, 0.6) is 0 Å². The lowest BCUT2D eigenvalue weighted by molar-refractivity contribution is 0.518. The summed E-state index contributed by atoms with van der Waals surface area (Å²) in [6.07, 6.45) is 1.67. The first-order chi connectivity index (χ1) is 11.8. The lowest BCUT2D eigenvalue weighted by Crippen LogP contribution is -2.23. The molecule has 0 unspecified atom stereocenters. The Labute approximate surface area is 142 Å². The summed E-state index contributed by atoms with van der Waals surface area (Å²) in [6, 6.07) is 15.9. The molecule has 0 saturated carbocycles. The zero-order valence-electron chi connectivity index (χ0n) is 14.1. The fraction of sp³-hybridized carbons (Fsp3) is 0.263. The van der Waals surface area contributed by atoms with Crippen LogP contribution < -0.4 is 10.2 Å². The molecule has 0 saturated heterocycles. The number of furan rings is 1. The molecule has 0 aliphatic carbocycles. The molecule has 0 aliphatic heterocycles. The smallest absolute Gasteiger partial charge is 0.163 e. The predicted octanol–water partition coefficient (Wildman–Crippen LogP) is 4.19. The van der Waals surface area contributed by atoms with Gasteiger partial charge in [-0.15, -0.1) is 0 Å². The number of anilines is 2. The molecule has 0 bridgehead atoms. The van der Waals surface area contributed by atoms with Crippen molar-refractivity contribution in [3.8, 4) is 11.4 Å². The molecule has 0 spiro atoms. The molecule has 5 heteroatoms. The SMILES string of the molecule is CCN(CC)c1cc(NCc2ccco2)nc(-c2ccccc2)n1. The molecular formula is C19H22N4O. The molecular weight excluding hydrogens is 300 g/mol. The maximum absolute atomic E-state index is 5.37. The van der Waals surface area contributed by atoms with Gasteiger partial charge in [0.05, 0.1) is 12.8 Å². The van der Waals surface area contributed by atoms with Gasteiger partial charge in [-0.3, -0.25) is 0 Å². The highest BCUT2D eigenvalue weighted by molar-refractivity contribution is 5.61. The first kappa shape index (κ1) is 16.1. The third-order valence-corrected chi connectivity index (χ3v) is 3.86. The summed E-state index contributed by atoms with van der Waals surface area (Å²) >= 11 is 0. The summed E-state index contributed by atoms with van der Waals surface area (Å²) in [5.41, 5.74) is 1.01. The Hall–Kier alpha value is -2.82. The molecule has 0 fully saturated rings. The van der Waals surface area contributed by atoms with E-state index in [1.807, 2.05) is 48.5 Å². The third-order valence-electron chi connectivity index (χ3n) is 3.86. The Morgan fingerprint density at radius 2 is 1.79 bits per heavy atom. The van der Waals surface area contributed by atoms with Crippen LogP contribution in [0.15, 0.2) is 59.2 Å². The molecule has 3 aromatic rings.